The number of quaternary nitrogens is 1. The van der Waals surface area contributed by atoms with Gasteiger partial charge in [-0.15, -0.1) is 0 Å². The number of para-hydroxylation sites is 1. The highest BCUT2D eigenvalue weighted by molar-refractivity contribution is 9.10. The van der Waals surface area contributed by atoms with Crippen LogP contribution in [0.25, 0.3) is 10.9 Å². The standard InChI is InChI=1S/C25H25BrN4O3/c1-13-22(26)14(2)30(29-13)12-16-10-15(8-9-21(16)33-3)23-24-18(11-20(28-23)25(31)32)17-6-4-5-7-19(17)27-24/h4-10,20,23,27-28H,11-12H2,1-3H3,(H,31,32)/t20-,23-/m0/s1. The van der Waals surface area contributed by atoms with Gasteiger partial charge in [0.15, 0.2) is 6.04 Å². The van der Waals surface area contributed by atoms with E-state index < -0.39 is 12.0 Å². The van der Waals surface area contributed by atoms with Gasteiger partial charge in [0.05, 0.1) is 41.2 Å². The number of rotatable bonds is 5. The number of nitrogens with zero attached hydrogens (tertiary/aromatic N) is 2. The molecule has 0 unspecified atom stereocenters. The molecule has 4 aromatic rings. The minimum absolute atomic E-state index is 0.194. The molecule has 0 spiro atoms. The molecular formula is C25H25BrN4O3. The average Bonchev–Trinajstić information content (AvgIpc) is 3.31. The van der Waals surface area contributed by atoms with Crippen molar-refractivity contribution in [3.05, 3.63) is 80.7 Å². The number of fused-ring (bicyclic) bond motifs is 3. The summed E-state index contributed by atoms with van der Waals surface area (Å²) < 4.78 is 8.58. The van der Waals surface area contributed by atoms with E-state index in [0.717, 1.165) is 54.9 Å². The highest BCUT2D eigenvalue weighted by Gasteiger charge is 2.35. The minimum atomic E-state index is -1.04. The van der Waals surface area contributed by atoms with Gasteiger partial charge in [0.2, 0.25) is 0 Å². The van der Waals surface area contributed by atoms with E-state index in [2.05, 4.69) is 32.1 Å². The summed E-state index contributed by atoms with van der Waals surface area (Å²) in [7, 11) is 1.66. The Balaban J connectivity index is 1.60. The molecule has 0 amide bonds. The molecule has 0 bridgehead atoms. The predicted molar refractivity (Wildman–Crippen MR) is 126 cm³/mol. The minimum Gasteiger partial charge on any atom is -0.544 e. The number of aromatic nitrogens is 3. The largest absolute Gasteiger partial charge is 0.544 e. The SMILES string of the molecule is COc1ccc([C@@H]2[NH2+][C@H](C(=O)[O-])Cc3c2[nH]c2ccccc32)cc1Cn1nc(C)c(Br)c1C. The van der Waals surface area contributed by atoms with Crippen molar-refractivity contribution in [3.63, 3.8) is 0 Å². The molecule has 7 nitrogen and oxygen atoms in total. The molecule has 2 aromatic carbocycles. The number of methoxy groups -OCH3 is 1. The summed E-state index contributed by atoms with van der Waals surface area (Å²) in [6, 6.07) is 13.2. The molecule has 0 fully saturated rings. The second-order valence-electron chi connectivity index (χ2n) is 8.58. The van der Waals surface area contributed by atoms with Crippen LogP contribution in [0.4, 0.5) is 0 Å². The average molecular weight is 509 g/mol. The Hall–Kier alpha value is -3.10. The summed E-state index contributed by atoms with van der Waals surface area (Å²) in [5, 5.41) is 19.5. The number of aromatic amines is 1. The number of H-pyrrole nitrogens is 1. The first-order valence-corrected chi connectivity index (χ1v) is 11.7. The zero-order valence-electron chi connectivity index (χ0n) is 18.7. The van der Waals surface area contributed by atoms with Crippen LogP contribution in [0.15, 0.2) is 46.9 Å². The van der Waals surface area contributed by atoms with Crippen molar-refractivity contribution in [2.45, 2.75) is 38.9 Å². The van der Waals surface area contributed by atoms with Gasteiger partial charge in [0, 0.05) is 28.5 Å². The Morgan fingerprint density at radius 2 is 2.09 bits per heavy atom. The molecule has 5 rings (SSSR count). The first kappa shape index (κ1) is 21.7. The third-order valence-corrected chi connectivity index (χ3v) is 7.73. The summed E-state index contributed by atoms with van der Waals surface area (Å²) in [6.45, 7) is 4.54. The Morgan fingerprint density at radius 3 is 2.79 bits per heavy atom. The number of carbonyl (C=O) groups is 1. The normalized spacial score (nSPS) is 17.8. The number of hydrogen-bond donors (Lipinski definition) is 2. The molecule has 0 saturated carbocycles. The van der Waals surface area contributed by atoms with Crippen LogP contribution in [0, 0.1) is 13.8 Å². The fourth-order valence-corrected chi connectivity index (χ4v) is 5.15. The first-order chi connectivity index (χ1) is 15.9. The van der Waals surface area contributed by atoms with Gasteiger partial charge in [0.25, 0.3) is 0 Å². The van der Waals surface area contributed by atoms with Crippen LogP contribution in [0.2, 0.25) is 0 Å². The van der Waals surface area contributed by atoms with Crippen LogP contribution < -0.4 is 15.2 Å². The van der Waals surface area contributed by atoms with E-state index in [1.165, 1.54) is 0 Å². The lowest BCUT2D eigenvalue weighted by Crippen LogP contribution is -2.95. The number of nitrogens with one attached hydrogen (secondary N) is 1. The summed E-state index contributed by atoms with van der Waals surface area (Å²) >= 11 is 3.60. The Morgan fingerprint density at radius 1 is 1.30 bits per heavy atom. The smallest absolute Gasteiger partial charge is 0.153 e. The molecule has 0 radical (unpaired) electrons. The van der Waals surface area contributed by atoms with E-state index >= 15 is 0 Å². The maximum absolute atomic E-state index is 11.9. The number of halogens is 1. The van der Waals surface area contributed by atoms with Gasteiger partial charge in [-0.3, -0.25) is 4.68 Å². The maximum Gasteiger partial charge on any atom is 0.153 e. The number of nitrogens with two attached hydrogens (primary N) is 1. The highest BCUT2D eigenvalue weighted by atomic mass is 79.9. The molecule has 0 aliphatic carbocycles. The van der Waals surface area contributed by atoms with E-state index in [1.807, 2.05) is 60.2 Å². The molecular weight excluding hydrogens is 484 g/mol. The number of carboxylic acids is 1. The summed E-state index contributed by atoms with van der Waals surface area (Å²) in [5.74, 6) is -0.274. The van der Waals surface area contributed by atoms with Gasteiger partial charge in [0.1, 0.15) is 11.8 Å². The van der Waals surface area contributed by atoms with Gasteiger partial charge in [-0.2, -0.15) is 5.10 Å². The Bertz CT molecular complexity index is 1370. The van der Waals surface area contributed by atoms with E-state index in [4.69, 9.17) is 4.74 Å². The van der Waals surface area contributed by atoms with Crippen molar-refractivity contribution < 1.29 is 20.0 Å². The molecule has 0 saturated heterocycles. The predicted octanol–water partition coefficient (Wildman–Crippen LogP) is 2.13. The van der Waals surface area contributed by atoms with Crippen LogP contribution in [-0.2, 0) is 17.8 Å². The van der Waals surface area contributed by atoms with Crippen LogP contribution in [0.5, 0.6) is 5.75 Å². The van der Waals surface area contributed by atoms with Crippen LogP contribution >= 0.6 is 15.9 Å². The summed E-state index contributed by atoms with van der Waals surface area (Å²) in [4.78, 5) is 15.4. The molecule has 2 atom stereocenters. The lowest BCUT2D eigenvalue weighted by Gasteiger charge is -2.29. The van der Waals surface area contributed by atoms with Gasteiger partial charge in [-0.05, 0) is 59.6 Å². The van der Waals surface area contributed by atoms with Crippen molar-refractivity contribution in [1.82, 2.24) is 14.8 Å². The van der Waals surface area contributed by atoms with Crippen molar-refractivity contribution in [2.24, 2.45) is 0 Å². The van der Waals surface area contributed by atoms with Crippen LogP contribution in [0.1, 0.15) is 39.8 Å². The van der Waals surface area contributed by atoms with Crippen molar-refractivity contribution in [2.75, 3.05) is 7.11 Å². The lowest BCUT2D eigenvalue weighted by atomic mass is 9.89. The van der Waals surface area contributed by atoms with E-state index in [1.54, 1.807) is 7.11 Å². The third-order valence-electron chi connectivity index (χ3n) is 6.59. The second-order valence-corrected chi connectivity index (χ2v) is 9.37. The topological polar surface area (TPSA) is 99.6 Å². The molecule has 1 aliphatic rings. The van der Waals surface area contributed by atoms with Gasteiger partial charge in [-0.25, -0.2) is 0 Å². The monoisotopic (exact) mass is 508 g/mol. The number of carbonyl (C=O) groups excluding carboxylic acids is 1. The zero-order chi connectivity index (χ0) is 23.3. The third kappa shape index (κ3) is 3.73. The lowest BCUT2D eigenvalue weighted by molar-refractivity contribution is -0.717. The number of ether oxygens (including phenoxy) is 1. The Labute approximate surface area is 199 Å². The highest BCUT2D eigenvalue weighted by Crippen LogP contribution is 2.34. The molecule has 170 valence electrons. The Kier molecular flexibility index (Phi) is 5.50. The zero-order valence-corrected chi connectivity index (χ0v) is 20.3. The van der Waals surface area contributed by atoms with E-state index in [9.17, 15) is 9.90 Å². The number of hydrogen-bond acceptors (Lipinski definition) is 4. The fourth-order valence-electron chi connectivity index (χ4n) is 4.87. The maximum atomic E-state index is 11.9. The van der Waals surface area contributed by atoms with Crippen LogP contribution in [0.3, 0.4) is 0 Å². The number of benzene rings is 2. The van der Waals surface area contributed by atoms with Crippen molar-refractivity contribution >= 4 is 32.8 Å². The van der Waals surface area contributed by atoms with E-state index in [-0.39, 0.29) is 6.04 Å². The number of aliphatic carboxylic acids is 1. The quantitative estimate of drug-likeness (QED) is 0.431. The van der Waals surface area contributed by atoms with Crippen LogP contribution in [-0.4, -0.2) is 33.9 Å². The molecule has 3 heterocycles. The van der Waals surface area contributed by atoms with Crippen molar-refractivity contribution in [3.8, 4) is 5.75 Å². The van der Waals surface area contributed by atoms with E-state index in [0.29, 0.717) is 13.0 Å². The van der Waals surface area contributed by atoms with Gasteiger partial charge >= 0.3 is 0 Å². The number of aryl methyl sites for hydroxylation is 1. The summed E-state index contributed by atoms with van der Waals surface area (Å²) in [5.41, 5.74) is 7.06. The molecule has 33 heavy (non-hydrogen) atoms. The molecule has 3 N–H and O–H groups in total. The fraction of sp³-hybridized carbons (Fsp3) is 0.280. The van der Waals surface area contributed by atoms with Gasteiger partial charge < -0.3 is 24.9 Å². The van der Waals surface area contributed by atoms with Crippen molar-refractivity contribution in [1.29, 1.82) is 0 Å². The second kappa shape index (κ2) is 8.35. The molecule has 8 heteroatoms. The van der Waals surface area contributed by atoms with Gasteiger partial charge in [-0.1, -0.05) is 18.2 Å². The molecule has 2 aromatic heterocycles. The number of carboxylic acid groups (broad SMARTS) is 1. The first-order valence-electron chi connectivity index (χ1n) is 10.9. The molecule has 1 aliphatic heterocycles. The summed E-state index contributed by atoms with van der Waals surface area (Å²) in [6.07, 6.45) is 0.432.